The summed E-state index contributed by atoms with van der Waals surface area (Å²) in [5.41, 5.74) is -0.491. The minimum atomic E-state index is -0.491. The monoisotopic (exact) mass is 229 g/mol. The number of ether oxygens (including phenoxy) is 2. The molecule has 5 nitrogen and oxygen atoms in total. The van der Waals surface area contributed by atoms with Crippen molar-refractivity contribution < 1.29 is 19.1 Å². The van der Waals surface area contributed by atoms with Crippen LogP contribution in [0.1, 0.15) is 27.2 Å². The first kappa shape index (κ1) is 12.8. The number of esters is 1. The Balaban J connectivity index is 2.18. The lowest BCUT2D eigenvalue weighted by Gasteiger charge is -2.19. The van der Waals surface area contributed by atoms with Gasteiger partial charge >= 0.3 is 12.1 Å². The topological polar surface area (TPSA) is 64.6 Å². The summed E-state index contributed by atoms with van der Waals surface area (Å²) in [6.07, 6.45) is 0.339. The Hall–Kier alpha value is -1.26. The molecule has 5 heteroatoms. The third kappa shape index (κ3) is 4.08. The molecule has 0 aromatic carbocycles. The van der Waals surface area contributed by atoms with Gasteiger partial charge in [0.1, 0.15) is 5.60 Å². The summed E-state index contributed by atoms with van der Waals surface area (Å²) in [5, 5.41) is 2.64. The second kappa shape index (κ2) is 4.72. The quantitative estimate of drug-likeness (QED) is 0.741. The van der Waals surface area contributed by atoms with Gasteiger partial charge in [-0.1, -0.05) is 0 Å². The highest BCUT2D eigenvalue weighted by atomic mass is 16.6. The lowest BCUT2D eigenvalue weighted by Crippen LogP contribution is -2.33. The smallest absolute Gasteiger partial charge is 0.407 e. The molecule has 0 spiro atoms. The summed E-state index contributed by atoms with van der Waals surface area (Å²) < 4.78 is 9.68. The lowest BCUT2D eigenvalue weighted by atomic mass is 10.2. The number of alkyl carbamates (subject to hydrolysis) is 1. The minimum absolute atomic E-state index is 0.0556. The molecule has 1 fully saturated rings. The van der Waals surface area contributed by atoms with Crippen LogP contribution >= 0.6 is 0 Å². The van der Waals surface area contributed by atoms with Crippen molar-refractivity contribution in [1.29, 1.82) is 0 Å². The maximum absolute atomic E-state index is 11.3. The van der Waals surface area contributed by atoms with Gasteiger partial charge in [0.05, 0.1) is 13.0 Å². The molecule has 1 aliphatic rings. The third-order valence-corrected chi connectivity index (χ3v) is 2.33. The number of rotatable bonds is 3. The summed E-state index contributed by atoms with van der Waals surface area (Å²) >= 11 is 0. The number of amides is 1. The molecule has 0 radical (unpaired) electrons. The fraction of sp³-hybridized carbons (Fsp3) is 0.818. The number of hydrogen-bond acceptors (Lipinski definition) is 4. The molecule has 16 heavy (non-hydrogen) atoms. The average Bonchev–Trinajstić information content (AvgIpc) is 2.90. The minimum Gasteiger partial charge on any atom is -0.469 e. The second-order valence-electron chi connectivity index (χ2n) is 5.01. The van der Waals surface area contributed by atoms with Crippen LogP contribution in [0.2, 0.25) is 0 Å². The largest absolute Gasteiger partial charge is 0.469 e. The molecule has 1 rings (SSSR count). The van der Waals surface area contributed by atoms with Gasteiger partial charge in [0.2, 0.25) is 0 Å². The summed E-state index contributed by atoms with van der Waals surface area (Å²) in [6, 6.07) is 0. The van der Waals surface area contributed by atoms with E-state index in [2.05, 4.69) is 10.1 Å². The van der Waals surface area contributed by atoms with Gasteiger partial charge in [0, 0.05) is 6.54 Å². The van der Waals surface area contributed by atoms with Crippen molar-refractivity contribution in [3.63, 3.8) is 0 Å². The molecule has 1 aliphatic carbocycles. The van der Waals surface area contributed by atoms with Crippen LogP contribution in [0.5, 0.6) is 0 Å². The van der Waals surface area contributed by atoms with Crippen molar-refractivity contribution in [3.05, 3.63) is 0 Å². The number of hydrogen-bond donors (Lipinski definition) is 1. The fourth-order valence-corrected chi connectivity index (χ4v) is 1.44. The molecule has 92 valence electrons. The highest BCUT2D eigenvalue weighted by Gasteiger charge is 2.43. The van der Waals surface area contributed by atoms with Gasteiger partial charge in [-0.15, -0.1) is 0 Å². The zero-order valence-electron chi connectivity index (χ0n) is 10.2. The van der Waals surface area contributed by atoms with Crippen LogP contribution in [0.15, 0.2) is 0 Å². The van der Waals surface area contributed by atoms with Gasteiger partial charge in [-0.3, -0.25) is 4.79 Å². The first-order chi connectivity index (χ1) is 7.33. The number of carbonyl (C=O) groups excluding carboxylic acids is 2. The molecule has 0 heterocycles. The molecule has 0 bridgehead atoms. The molecule has 0 aromatic heterocycles. The zero-order chi connectivity index (χ0) is 12.3. The summed E-state index contributed by atoms with van der Waals surface area (Å²) in [6.45, 7) is 5.89. The average molecular weight is 229 g/mol. The van der Waals surface area contributed by atoms with Crippen molar-refractivity contribution in [3.8, 4) is 0 Å². The van der Waals surface area contributed by atoms with Gasteiger partial charge in [-0.25, -0.2) is 4.79 Å². The Morgan fingerprint density at radius 1 is 1.38 bits per heavy atom. The first-order valence-electron chi connectivity index (χ1n) is 5.38. The van der Waals surface area contributed by atoms with Gasteiger partial charge in [0.25, 0.3) is 0 Å². The Morgan fingerprint density at radius 2 is 2.00 bits per heavy atom. The standard InChI is InChI=1S/C11H19NO4/c1-11(2,3)16-10(14)12-6-7-5-8(7)9(13)15-4/h7-8H,5-6H2,1-4H3,(H,12,14). The number of nitrogens with one attached hydrogen (secondary N) is 1. The van der Waals surface area contributed by atoms with Gasteiger partial charge in [-0.2, -0.15) is 0 Å². The summed E-state index contributed by atoms with van der Waals surface area (Å²) in [4.78, 5) is 22.4. The van der Waals surface area contributed by atoms with Crippen LogP contribution in [0.25, 0.3) is 0 Å². The van der Waals surface area contributed by atoms with Gasteiger partial charge in [0.15, 0.2) is 0 Å². The van der Waals surface area contributed by atoms with Crippen LogP contribution in [-0.4, -0.2) is 31.3 Å². The normalized spacial score (nSPS) is 23.5. The number of carbonyl (C=O) groups is 2. The number of methoxy groups -OCH3 is 1. The maximum atomic E-state index is 11.3. The van der Waals surface area contributed by atoms with Gasteiger partial charge in [-0.05, 0) is 33.1 Å². The molecule has 0 aromatic rings. The van der Waals surface area contributed by atoms with Crippen molar-refractivity contribution in [2.24, 2.45) is 11.8 Å². The zero-order valence-corrected chi connectivity index (χ0v) is 10.2. The van der Waals surface area contributed by atoms with E-state index in [1.54, 1.807) is 20.8 Å². The highest BCUT2D eigenvalue weighted by Crippen LogP contribution is 2.38. The Bertz CT molecular complexity index is 282. The van der Waals surface area contributed by atoms with E-state index in [0.29, 0.717) is 6.54 Å². The summed E-state index contributed by atoms with van der Waals surface area (Å²) in [7, 11) is 1.37. The van der Waals surface area contributed by atoms with E-state index in [9.17, 15) is 9.59 Å². The lowest BCUT2D eigenvalue weighted by molar-refractivity contribution is -0.142. The molecule has 0 saturated heterocycles. The fourth-order valence-electron chi connectivity index (χ4n) is 1.44. The van der Waals surface area contributed by atoms with Crippen LogP contribution in [0.3, 0.4) is 0 Å². The Kier molecular flexibility index (Phi) is 3.78. The third-order valence-electron chi connectivity index (χ3n) is 2.33. The van der Waals surface area contributed by atoms with Crippen LogP contribution in [0.4, 0.5) is 4.79 Å². The van der Waals surface area contributed by atoms with Crippen LogP contribution < -0.4 is 5.32 Å². The summed E-state index contributed by atoms with van der Waals surface area (Å²) in [5.74, 6) is -0.0594. The second-order valence-corrected chi connectivity index (χ2v) is 5.01. The van der Waals surface area contributed by atoms with E-state index >= 15 is 0 Å². The molecule has 0 aliphatic heterocycles. The van der Waals surface area contributed by atoms with Crippen molar-refractivity contribution in [1.82, 2.24) is 5.32 Å². The van der Waals surface area contributed by atoms with E-state index in [-0.39, 0.29) is 17.8 Å². The molecular weight excluding hydrogens is 210 g/mol. The Labute approximate surface area is 95.5 Å². The first-order valence-corrected chi connectivity index (χ1v) is 5.38. The van der Waals surface area contributed by atoms with Crippen LogP contribution in [0, 0.1) is 11.8 Å². The SMILES string of the molecule is COC(=O)C1CC1CNC(=O)OC(C)(C)C. The van der Waals surface area contributed by atoms with Crippen molar-refractivity contribution >= 4 is 12.1 Å². The molecular formula is C11H19NO4. The maximum Gasteiger partial charge on any atom is 0.407 e. The van der Waals surface area contributed by atoms with E-state index < -0.39 is 11.7 Å². The molecule has 1 amide bonds. The van der Waals surface area contributed by atoms with Crippen molar-refractivity contribution in [2.75, 3.05) is 13.7 Å². The van der Waals surface area contributed by atoms with E-state index in [1.165, 1.54) is 7.11 Å². The molecule has 1 N–H and O–H groups in total. The molecule has 2 unspecified atom stereocenters. The van der Waals surface area contributed by atoms with Crippen LogP contribution in [-0.2, 0) is 14.3 Å². The highest BCUT2D eigenvalue weighted by molar-refractivity contribution is 5.76. The Morgan fingerprint density at radius 3 is 2.50 bits per heavy atom. The van der Waals surface area contributed by atoms with Gasteiger partial charge < -0.3 is 14.8 Å². The van der Waals surface area contributed by atoms with E-state index in [0.717, 1.165) is 6.42 Å². The van der Waals surface area contributed by atoms with E-state index in [1.807, 2.05) is 0 Å². The molecule has 1 saturated carbocycles. The predicted molar refractivity (Wildman–Crippen MR) is 57.8 cm³/mol. The van der Waals surface area contributed by atoms with E-state index in [4.69, 9.17) is 4.74 Å². The molecule has 2 atom stereocenters. The predicted octanol–water partition coefficient (Wildman–Crippen LogP) is 1.32. The van der Waals surface area contributed by atoms with Crippen molar-refractivity contribution in [2.45, 2.75) is 32.8 Å².